The maximum absolute atomic E-state index is 12.2. The summed E-state index contributed by atoms with van der Waals surface area (Å²) < 4.78 is 41.3. The fourth-order valence-electron chi connectivity index (χ4n) is 1.47. The van der Waals surface area contributed by atoms with Gasteiger partial charge in [0, 0.05) is 10.6 Å². The number of allylic oxidation sites excluding steroid dienone is 1. The molecular formula is C13H12F3N3O2. The van der Waals surface area contributed by atoms with Crippen LogP contribution in [0.25, 0.3) is 16.1 Å². The Morgan fingerprint density at radius 1 is 1.33 bits per heavy atom. The molecule has 0 N–H and O–H groups in total. The highest BCUT2D eigenvalue weighted by Crippen LogP contribution is 2.25. The SMILES string of the molecule is CCOC(=O)c1ccc(C(=CCC(F)(F)F)N=[N+]=[N-])cc1. The number of carbonyl (C=O) groups excluding carboxylic acids is 1. The molecule has 0 aliphatic heterocycles. The largest absolute Gasteiger partial charge is 0.462 e. The van der Waals surface area contributed by atoms with Crippen LogP contribution in [0.4, 0.5) is 13.2 Å². The molecule has 1 rings (SSSR count). The van der Waals surface area contributed by atoms with Crippen molar-refractivity contribution in [2.75, 3.05) is 6.61 Å². The standard InChI is InChI=1S/C13H12F3N3O2/c1-2-21-12(20)10-5-3-9(4-6-10)11(18-19-17)7-8-13(14,15)16/h3-7H,2,8H2,1H3. The fourth-order valence-corrected chi connectivity index (χ4v) is 1.47. The van der Waals surface area contributed by atoms with Crippen LogP contribution >= 0.6 is 0 Å². The van der Waals surface area contributed by atoms with Gasteiger partial charge in [-0.15, -0.1) is 0 Å². The second-order valence-corrected chi connectivity index (χ2v) is 3.90. The van der Waals surface area contributed by atoms with Gasteiger partial charge in [-0.3, -0.25) is 0 Å². The second kappa shape index (κ2) is 7.35. The third kappa shape index (κ3) is 5.58. The molecule has 0 spiro atoms. The zero-order chi connectivity index (χ0) is 15.9. The molecule has 0 saturated carbocycles. The lowest BCUT2D eigenvalue weighted by Crippen LogP contribution is -2.05. The first-order valence-electron chi connectivity index (χ1n) is 5.97. The lowest BCUT2D eigenvalue weighted by Gasteiger charge is -2.06. The maximum atomic E-state index is 12.2. The maximum Gasteiger partial charge on any atom is 0.392 e. The summed E-state index contributed by atoms with van der Waals surface area (Å²) in [5.41, 5.74) is 8.80. The molecule has 0 radical (unpaired) electrons. The quantitative estimate of drug-likeness (QED) is 0.348. The summed E-state index contributed by atoms with van der Waals surface area (Å²) in [5.74, 6) is -0.534. The number of azide groups is 1. The molecule has 0 amide bonds. The van der Waals surface area contributed by atoms with Gasteiger partial charge < -0.3 is 4.74 Å². The van der Waals surface area contributed by atoms with E-state index in [9.17, 15) is 18.0 Å². The molecule has 0 unspecified atom stereocenters. The van der Waals surface area contributed by atoms with Gasteiger partial charge in [0.15, 0.2) is 0 Å². The van der Waals surface area contributed by atoms with Gasteiger partial charge in [-0.05, 0) is 30.2 Å². The zero-order valence-corrected chi connectivity index (χ0v) is 11.1. The van der Waals surface area contributed by atoms with Crippen LogP contribution in [0.1, 0.15) is 29.3 Å². The van der Waals surface area contributed by atoms with Crippen LogP contribution in [0.15, 0.2) is 35.5 Å². The van der Waals surface area contributed by atoms with Crippen molar-refractivity contribution < 1.29 is 22.7 Å². The Morgan fingerprint density at radius 3 is 2.38 bits per heavy atom. The molecule has 0 aromatic heterocycles. The van der Waals surface area contributed by atoms with Crippen LogP contribution in [0.5, 0.6) is 0 Å². The second-order valence-electron chi connectivity index (χ2n) is 3.90. The summed E-state index contributed by atoms with van der Waals surface area (Å²) in [6.45, 7) is 1.88. The number of hydrogen-bond acceptors (Lipinski definition) is 3. The predicted octanol–water partition coefficient (Wildman–Crippen LogP) is 4.47. The summed E-state index contributed by atoms with van der Waals surface area (Å²) in [7, 11) is 0. The van der Waals surface area contributed by atoms with Gasteiger partial charge in [-0.25, -0.2) is 4.79 Å². The molecule has 1 aromatic rings. The molecule has 0 saturated heterocycles. The monoisotopic (exact) mass is 299 g/mol. The Labute approximate surface area is 118 Å². The van der Waals surface area contributed by atoms with E-state index in [1.807, 2.05) is 0 Å². The minimum Gasteiger partial charge on any atom is -0.462 e. The van der Waals surface area contributed by atoms with E-state index in [1.165, 1.54) is 24.3 Å². The van der Waals surface area contributed by atoms with Crippen molar-refractivity contribution in [1.29, 1.82) is 0 Å². The van der Waals surface area contributed by atoms with E-state index < -0.39 is 18.6 Å². The normalized spacial score (nSPS) is 11.7. The summed E-state index contributed by atoms with van der Waals surface area (Å²) in [4.78, 5) is 13.9. The van der Waals surface area contributed by atoms with Crippen molar-refractivity contribution in [2.45, 2.75) is 19.5 Å². The number of esters is 1. The van der Waals surface area contributed by atoms with Gasteiger partial charge in [-0.2, -0.15) is 13.2 Å². The first kappa shape index (κ1) is 16.6. The van der Waals surface area contributed by atoms with E-state index >= 15 is 0 Å². The molecule has 8 heteroatoms. The average Bonchev–Trinajstić information content (AvgIpc) is 2.43. The van der Waals surface area contributed by atoms with Crippen LogP contribution in [0.2, 0.25) is 0 Å². The molecule has 1 aromatic carbocycles. The van der Waals surface area contributed by atoms with E-state index in [4.69, 9.17) is 10.3 Å². The van der Waals surface area contributed by atoms with Crippen molar-refractivity contribution in [2.24, 2.45) is 5.11 Å². The molecule has 5 nitrogen and oxygen atoms in total. The van der Waals surface area contributed by atoms with Crippen molar-refractivity contribution in [3.8, 4) is 0 Å². The van der Waals surface area contributed by atoms with Gasteiger partial charge in [0.2, 0.25) is 0 Å². The van der Waals surface area contributed by atoms with Crippen molar-refractivity contribution in [3.63, 3.8) is 0 Å². The number of halogens is 3. The van der Waals surface area contributed by atoms with Gasteiger partial charge in [-0.1, -0.05) is 23.3 Å². The number of ether oxygens (including phenoxy) is 1. The highest BCUT2D eigenvalue weighted by molar-refractivity contribution is 5.89. The van der Waals surface area contributed by atoms with Crippen LogP contribution in [-0.2, 0) is 4.74 Å². The Hall–Kier alpha value is -2.47. The van der Waals surface area contributed by atoms with Crippen molar-refractivity contribution in [3.05, 3.63) is 51.9 Å². The number of alkyl halides is 3. The predicted molar refractivity (Wildman–Crippen MR) is 70.2 cm³/mol. The van der Waals surface area contributed by atoms with E-state index in [0.29, 0.717) is 0 Å². The number of benzene rings is 1. The molecule has 21 heavy (non-hydrogen) atoms. The lowest BCUT2D eigenvalue weighted by atomic mass is 10.1. The van der Waals surface area contributed by atoms with E-state index in [2.05, 4.69) is 10.0 Å². The molecular weight excluding hydrogens is 287 g/mol. The number of carbonyl (C=O) groups is 1. The summed E-state index contributed by atoms with van der Waals surface area (Å²) in [6, 6.07) is 5.57. The number of nitrogens with zero attached hydrogens (tertiary/aromatic N) is 3. The topological polar surface area (TPSA) is 75.1 Å². The van der Waals surface area contributed by atoms with Crippen molar-refractivity contribution >= 4 is 11.7 Å². The van der Waals surface area contributed by atoms with Crippen LogP contribution in [-0.4, -0.2) is 18.8 Å². The van der Waals surface area contributed by atoms with Gasteiger partial charge in [0.1, 0.15) is 0 Å². The fraction of sp³-hybridized carbons (Fsp3) is 0.308. The molecule has 0 bridgehead atoms. The van der Waals surface area contributed by atoms with Crippen LogP contribution in [0, 0.1) is 0 Å². The molecule has 0 aliphatic rings. The van der Waals surface area contributed by atoms with Gasteiger partial charge in [0.05, 0.1) is 18.6 Å². The van der Waals surface area contributed by atoms with Gasteiger partial charge in [0.25, 0.3) is 0 Å². The number of hydrogen-bond donors (Lipinski definition) is 0. The van der Waals surface area contributed by atoms with Crippen molar-refractivity contribution in [1.82, 2.24) is 0 Å². The summed E-state index contributed by atoms with van der Waals surface area (Å²) >= 11 is 0. The summed E-state index contributed by atoms with van der Waals surface area (Å²) in [5, 5.41) is 3.23. The summed E-state index contributed by atoms with van der Waals surface area (Å²) in [6.07, 6.45) is -4.80. The smallest absolute Gasteiger partial charge is 0.392 e. The Morgan fingerprint density at radius 2 is 1.90 bits per heavy atom. The highest BCUT2D eigenvalue weighted by atomic mass is 19.4. The molecule has 0 heterocycles. The van der Waals surface area contributed by atoms with Crippen LogP contribution < -0.4 is 0 Å². The molecule has 0 atom stereocenters. The zero-order valence-electron chi connectivity index (χ0n) is 11.1. The van der Waals surface area contributed by atoms with E-state index in [-0.39, 0.29) is 23.4 Å². The molecule has 0 aliphatic carbocycles. The molecule has 112 valence electrons. The van der Waals surface area contributed by atoms with E-state index in [0.717, 1.165) is 6.08 Å². The Kier molecular flexibility index (Phi) is 5.80. The molecule has 0 fully saturated rings. The third-order valence-electron chi connectivity index (χ3n) is 2.37. The first-order valence-corrected chi connectivity index (χ1v) is 5.97. The van der Waals surface area contributed by atoms with Gasteiger partial charge >= 0.3 is 12.1 Å². The number of rotatable bonds is 5. The first-order chi connectivity index (χ1) is 9.87. The minimum absolute atomic E-state index is 0.148. The highest BCUT2D eigenvalue weighted by Gasteiger charge is 2.25. The van der Waals surface area contributed by atoms with Crippen LogP contribution in [0.3, 0.4) is 0 Å². The Balaban J connectivity index is 3.00. The minimum atomic E-state index is -4.39. The average molecular weight is 299 g/mol. The van der Waals surface area contributed by atoms with E-state index in [1.54, 1.807) is 6.92 Å². The third-order valence-corrected chi connectivity index (χ3v) is 2.37. The lowest BCUT2D eigenvalue weighted by molar-refractivity contribution is -0.124. The Bertz CT molecular complexity index is 573.